The van der Waals surface area contributed by atoms with Gasteiger partial charge >= 0.3 is 12.0 Å². The van der Waals surface area contributed by atoms with Crippen molar-refractivity contribution in [1.82, 2.24) is 10.2 Å². The third kappa shape index (κ3) is 3.11. The molecule has 17 heavy (non-hydrogen) atoms. The zero-order chi connectivity index (χ0) is 13.2. The van der Waals surface area contributed by atoms with E-state index < -0.39 is 29.7 Å². The van der Waals surface area contributed by atoms with Crippen molar-refractivity contribution in [3.05, 3.63) is 0 Å². The van der Waals surface area contributed by atoms with E-state index in [1.807, 2.05) is 0 Å². The predicted molar refractivity (Wildman–Crippen MR) is 60.2 cm³/mol. The SMILES string of the molecule is C#CC(C)(C)NC(=O)N1CC(O)CC1C(=O)O. The van der Waals surface area contributed by atoms with E-state index in [-0.39, 0.29) is 13.0 Å². The molecule has 0 aromatic heterocycles. The normalized spacial score (nSPS) is 24.2. The highest BCUT2D eigenvalue weighted by Crippen LogP contribution is 2.18. The number of terminal acetylenes is 1. The lowest BCUT2D eigenvalue weighted by molar-refractivity contribution is -0.141. The van der Waals surface area contributed by atoms with Crippen molar-refractivity contribution in [3.63, 3.8) is 0 Å². The number of aliphatic carboxylic acids is 1. The third-order valence-electron chi connectivity index (χ3n) is 2.61. The number of hydrogen-bond donors (Lipinski definition) is 3. The van der Waals surface area contributed by atoms with Gasteiger partial charge in [0.25, 0.3) is 0 Å². The maximum Gasteiger partial charge on any atom is 0.326 e. The van der Waals surface area contributed by atoms with Gasteiger partial charge in [0, 0.05) is 13.0 Å². The van der Waals surface area contributed by atoms with Gasteiger partial charge in [-0.25, -0.2) is 9.59 Å². The molecule has 0 saturated carbocycles. The van der Waals surface area contributed by atoms with Crippen LogP contribution in [0.15, 0.2) is 0 Å². The Hall–Kier alpha value is -1.74. The number of likely N-dealkylation sites (tertiary alicyclic amines) is 1. The smallest absolute Gasteiger partial charge is 0.326 e. The Bertz CT molecular complexity index is 372. The van der Waals surface area contributed by atoms with Crippen molar-refractivity contribution in [2.24, 2.45) is 0 Å². The van der Waals surface area contributed by atoms with Crippen molar-refractivity contribution in [2.75, 3.05) is 6.54 Å². The summed E-state index contributed by atoms with van der Waals surface area (Å²) in [6.07, 6.45) is 4.46. The molecule has 2 amide bonds. The number of aliphatic hydroxyl groups is 1. The summed E-state index contributed by atoms with van der Waals surface area (Å²) in [4.78, 5) is 23.8. The van der Waals surface area contributed by atoms with Crippen molar-refractivity contribution >= 4 is 12.0 Å². The van der Waals surface area contributed by atoms with Crippen LogP contribution >= 0.6 is 0 Å². The summed E-state index contributed by atoms with van der Waals surface area (Å²) >= 11 is 0. The van der Waals surface area contributed by atoms with E-state index in [0.29, 0.717) is 0 Å². The number of urea groups is 1. The van der Waals surface area contributed by atoms with Crippen LogP contribution in [-0.2, 0) is 4.79 Å². The number of nitrogens with one attached hydrogen (secondary N) is 1. The average molecular weight is 240 g/mol. The van der Waals surface area contributed by atoms with Crippen LogP contribution in [0.4, 0.5) is 4.79 Å². The molecule has 0 radical (unpaired) electrons. The van der Waals surface area contributed by atoms with Gasteiger partial charge in [-0.3, -0.25) is 0 Å². The molecule has 2 unspecified atom stereocenters. The Morgan fingerprint density at radius 3 is 2.59 bits per heavy atom. The van der Waals surface area contributed by atoms with Crippen LogP contribution in [0.1, 0.15) is 20.3 Å². The fourth-order valence-corrected chi connectivity index (χ4v) is 1.65. The summed E-state index contributed by atoms with van der Waals surface area (Å²) in [7, 11) is 0. The van der Waals surface area contributed by atoms with Gasteiger partial charge in [-0.2, -0.15) is 0 Å². The number of amides is 2. The Morgan fingerprint density at radius 2 is 2.12 bits per heavy atom. The highest BCUT2D eigenvalue weighted by atomic mass is 16.4. The molecule has 1 aliphatic rings. The Kier molecular flexibility index (Phi) is 3.63. The lowest BCUT2D eigenvalue weighted by Gasteiger charge is -2.27. The zero-order valence-corrected chi connectivity index (χ0v) is 9.80. The maximum absolute atomic E-state index is 11.8. The number of aliphatic hydroxyl groups excluding tert-OH is 1. The van der Waals surface area contributed by atoms with Gasteiger partial charge in [0.1, 0.15) is 6.04 Å². The number of hydrogen-bond acceptors (Lipinski definition) is 3. The van der Waals surface area contributed by atoms with Crippen LogP contribution in [0.25, 0.3) is 0 Å². The fraction of sp³-hybridized carbons (Fsp3) is 0.636. The minimum atomic E-state index is -1.13. The third-order valence-corrected chi connectivity index (χ3v) is 2.61. The van der Waals surface area contributed by atoms with Gasteiger partial charge in [0.2, 0.25) is 0 Å². The minimum absolute atomic E-state index is 0.00342. The molecule has 1 heterocycles. The second-order valence-corrected chi connectivity index (χ2v) is 4.60. The molecule has 1 rings (SSSR count). The second-order valence-electron chi connectivity index (χ2n) is 4.60. The summed E-state index contributed by atoms with van der Waals surface area (Å²) in [6, 6.07) is -1.57. The first-order valence-corrected chi connectivity index (χ1v) is 5.24. The second kappa shape index (κ2) is 4.63. The molecule has 1 aliphatic heterocycles. The van der Waals surface area contributed by atoms with E-state index in [2.05, 4.69) is 11.2 Å². The number of carboxylic acid groups (broad SMARTS) is 1. The van der Waals surface area contributed by atoms with Crippen LogP contribution in [-0.4, -0.2) is 51.3 Å². The average Bonchev–Trinajstić information content (AvgIpc) is 2.60. The summed E-state index contributed by atoms with van der Waals surface area (Å²) in [5.41, 5.74) is -0.853. The summed E-state index contributed by atoms with van der Waals surface area (Å²) in [5, 5.41) is 20.9. The van der Waals surface area contributed by atoms with Crippen LogP contribution in [0.3, 0.4) is 0 Å². The Morgan fingerprint density at radius 1 is 1.53 bits per heavy atom. The van der Waals surface area contributed by atoms with Gasteiger partial charge in [-0.1, -0.05) is 5.92 Å². The van der Waals surface area contributed by atoms with Crippen LogP contribution in [0.5, 0.6) is 0 Å². The van der Waals surface area contributed by atoms with Crippen LogP contribution in [0.2, 0.25) is 0 Å². The lowest BCUT2D eigenvalue weighted by Crippen LogP contribution is -2.52. The van der Waals surface area contributed by atoms with E-state index in [4.69, 9.17) is 11.5 Å². The minimum Gasteiger partial charge on any atom is -0.480 e. The highest BCUT2D eigenvalue weighted by Gasteiger charge is 2.39. The fourth-order valence-electron chi connectivity index (χ4n) is 1.65. The molecule has 2 atom stereocenters. The molecule has 0 aromatic carbocycles. The Balaban J connectivity index is 2.75. The zero-order valence-electron chi connectivity index (χ0n) is 9.80. The summed E-state index contributed by atoms with van der Waals surface area (Å²) in [5.74, 6) is 1.25. The van der Waals surface area contributed by atoms with E-state index in [1.54, 1.807) is 13.8 Å². The van der Waals surface area contributed by atoms with Crippen molar-refractivity contribution in [2.45, 2.75) is 38.0 Å². The molecular weight excluding hydrogens is 224 g/mol. The number of carbonyl (C=O) groups excluding carboxylic acids is 1. The van der Waals surface area contributed by atoms with Gasteiger partial charge in [0.15, 0.2) is 0 Å². The van der Waals surface area contributed by atoms with Gasteiger partial charge in [0.05, 0.1) is 11.6 Å². The number of carbonyl (C=O) groups is 2. The van der Waals surface area contributed by atoms with E-state index in [0.717, 1.165) is 4.90 Å². The number of β-amino-alcohol motifs (C(OH)–C–C–N with tert-alkyl or cyclic N) is 1. The first kappa shape index (κ1) is 13.3. The van der Waals surface area contributed by atoms with Gasteiger partial charge < -0.3 is 20.4 Å². The van der Waals surface area contributed by atoms with Crippen molar-refractivity contribution in [1.29, 1.82) is 0 Å². The molecule has 94 valence electrons. The summed E-state index contributed by atoms with van der Waals surface area (Å²) < 4.78 is 0. The molecule has 0 bridgehead atoms. The lowest BCUT2D eigenvalue weighted by atomic mass is 10.1. The van der Waals surface area contributed by atoms with Gasteiger partial charge in [-0.15, -0.1) is 6.42 Å². The van der Waals surface area contributed by atoms with E-state index in [1.165, 1.54) is 0 Å². The molecule has 0 spiro atoms. The number of rotatable bonds is 2. The molecule has 6 nitrogen and oxygen atoms in total. The number of carboxylic acids is 1. The van der Waals surface area contributed by atoms with Crippen LogP contribution in [0, 0.1) is 12.3 Å². The number of nitrogens with zero attached hydrogens (tertiary/aromatic N) is 1. The Labute approximate surface area is 99.6 Å². The first-order valence-electron chi connectivity index (χ1n) is 5.24. The molecule has 1 saturated heterocycles. The monoisotopic (exact) mass is 240 g/mol. The largest absolute Gasteiger partial charge is 0.480 e. The maximum atomic E-state index is 11.8. The molecule has 0 aliphatic carbocycles. The molecule has 1 fully saturated rings. The van der Waals surface area contributed by atoms with Crippen molar-refractivity contribution in [3.8, 4) is 12.3 Å². The first-order chi connectivity index (χ1) is 7.76. The van der Waals surface area contributed by atoms with Crippen molar-refractivity contribution < 1.29 is 19.8 Å². The quantitative estimate of drug-likeness (QED) is 0.574. The highest BCUT2D eigenvalue weighted by molar-refractivity contribution is 5.84. The standard InChI is InChI=1S/C11H16N2O4/c1-4-11(2,3)12-10(17)13-6-7(14)5-8(13)9(15)16/h1,7-8,14H,5-6H2,2-3H3,(H,12,17)(H,15,16). The molecule has 3 N–H and O–H groups in total. The van der Waals surface area contributed by atoms with E-state index >= 15 is 0 Å². The topological polar surface area (TPSA) is 89.9 Å². The predicted octanol–water partition coefficient (Wildman–Crippen LogP) is -0.372. The molecular formula is C11H16N2O4. The van der Waals surface area contributed by atoms with Gasteiger partial charge in [-0.05, 0) is 13.8 Å². The molecule has 0 aromatic rings. The summed E-state index contributed by atoms with van der Waals surface area (Å²) in [6.45, 7) is 3.27. The van der Waals surface area contributed by atoms with Crippen LogP contribution < -0.4 is 5.32 Å². The molecule has 6 heteroatoms. The van der Waals surface area contributed by atoms with E-state index in [9.17, 15) is 14.7 Å².